The summed E-state index contributed by atoms with van der Waals surface area (Å²) >= 11 is 0. The van der Waals surface area contributed by atoms with Crippen LogP contribution >= 0.6 is 0 Å². The van der Waals surface area contributed by atoms with Gasteiger partial charge in [0.1, 0.15) is 5.69 Å². The van der Waals surface area contributed by atoms with Crippen LogP contribution in [0.3, 0.4) is 0 Å². The lowest BCUT2D eigenvalue weighted by Gasteiger charge is -2.29. The zero-order valence-electron chi connectivity index (χ0n) is 13.3. The second-order valence-electron chi connectivity index (χ2n) is 6.58. The summed E-state index contributed by atoms with van der Waals surface area (Å²) in [5.41, 5.74) is 0.666. The molecule has 2 unspecified atom stereocenters. The maximum absolute atomic E-state index is 12.5. The summed E-state index contributed by atoms with van der Waals surface area (Å²) < 4.78 is 1.26. The Balaban J connectivity index is 1.54. The predicted octanol–water partition coefficient (Wildman–Crippen LogP) is 1.25. The molecule has 1 amide bonds. The first-order chi connectivity index (χ1) is 11.7. The van der Waals surface area contributed by atoms with E-state index in [4.69, 9.17) is 0 Å². The minimum Gasteiger partial charge on any atom is -0.348 e. The van der Waals surface area contributed by atoms with Crippen molar-refractivity contribution in [3.05, 3.63) is 58.5 Å². The molecule has 6 heteroatoms. The van der Waals surface area contributed by atoms with E-state index in [0.29, 0.717) is 17.8 Å². The Labute approximate surface area is 139 Å². The van der Waals surface area contributed by atoms with Crippen LogP contribution in [0.1, 0.15) is 36.2 Å². The fraction of sp³-hybridized carbons (Fsp3) is 0.389. The fourth-order valence-corrected chi connectivity index (χ4v) is 3.72. The number of fused-ring (bicyclic) bond motifs is 2. The minimum atomic E-state index is -0.252. The number of rotatable bonds is 3. The Hall–Kier alpha value is -2.47. The lowest BCUT2D eigenvalue weighted by atomic mass is 10.00. The van der Waals surface area contributed by atoms with Crippen LogP contribution in [0.5, 0.6) is 0 Å². The second kappa shape index (κ2) is 6.20. The molecule has 1 aromatic heterocycles. The maximum Gasteiger partial charge on any atom is 0.271 e. The largest absolute Gasteiger partial charge is 0.348 e. The average molecular weight is 324 g/mol. The van der Waals surface area contributed by atoms with Crippen LogP contribution in [0.4, 0.5) is 0 Å². The number of nitrogens with zero attached hydrogens (tertiary/aromatic N) is 2. The molecular formula is C18H20N4O2. The van der Waals surface area contributed by atoms with Crippen molar-refractivity contribution in [1.29, 1.82) is 0 Å². The molecule has 0 spiro atoms. The molecule has 2 bridgehead atoms. The molecule has 2 atom stereocenters. The lowest BCUT2D eigenvalue weighted by Crippen LogP contribution is -2.48. The third kappa shape index (κ3) is 2.97. The first kappa shape index (κ1) is 15.1. The van der Waals surface area contributed by atoms with E-state index in [1.165, 1.54) is 29.7 Å². The van der Waals surface area contributed by atoms with E-state index in [0.717, 1.165) is 12.8 Å². The molecule has 0 saturated carbocycles. The number of aromatic nitrogens is 2. The van der Waals surface area contributed by atoms with Crippen LogP contribution in [-0.4, -0.2) is 33.8 Å². The number of benzene rings is 1. The quantitative estimate of drug-likeness (QED) is 0.891. The van der Waals surface area contributed by atoms with Crippen molar-refractivity contribution in [2.75, 3.05) is 0 Å². The number of nitrogens with one attached hydrogen (secondary N) is 2. The number of carbonyl (C=O) groups excluding carboxylic acids is 1. The minimum absolute atomic E-state index is 0.176. The molecule has 2 aliphatic rings. The molecule has 0 radical (unpaired) electrons. The number of carbonyl (C=O) groups is 1. The highest BCUT2D eigenvalue weighted by Gasteiger charge is 2.34. The van der Waals surface area contributed by atoms with Crippen molar-refractivity contribution >= 4 is 5.91 Å². The van der Waals surface area contributed by atoms with E-state index >= 15 is 0 Å². The zero-order valence-corrected chi connectivity index (χ0v) is 13.3. The van der Waals surface area contributed by atoms with E-state index in [1.54, 1.807) is 12.1 Å². The van der Waals surface area contributed by atoms with Gasteiger partial charge >= 0.3 is 0 Å². The van der Waals surface area contributed by atoms with Crippen LogP contribution in [0.25, 0.3) is 5.69 Å². The molecule has 4 rings (SSSR count). The molecule has 2 saturated heterocycles. The summed E-state index contributed by atoms with van der Waals surface area (Å²) in [7, 11) is 0. The Kier molecular flexibility index (Phi) is 3.90. The molecule has 2 fully saturated rings. The number of hydrogen-bond donors (Lipinski definition) is 2. The zero-order chi connectivity index (χ0) is 16.5. The van der Waals surface area contributed by atoms with Crippen LogP contribution in [0.2, 0.25) is 0 Å². The van der Waals surface area contributed by atoms with Gasteiger partial charge in [-0.3, -0.25) is 9.59 Å². The summed E-state index contributed by atoms with van der Waals surface area (Å²) in [6.07, 6.45) is 4.30. The second-order valence-corrected chi connectivity index (χ2v) is 6.58. The van der Waals surface area contributed by atoms with Gasteiger partial charge in [-0.25, -0.2) is 0 Å². The van der Waals surface area contributed by atoms with Crippen molar-refractivity contribution in [3.63, 3.8) is 0 Å². The number of piperidine rings is 1. The van der Waals surface area contributed by atoms with E-state index in [-0.39, 0.29) is 23.2 Å². The number of hydrogen-bond acceptors (Lipinski definition) is 4. The molecule has 124 valence electrons. The highest BCUT2D eigenvalue weighted by Crippen LogP contribution is 2.26. The van der Waals surface area contributed by atoms with Gasteiger partial charge in [0.25, 0.3) is 11.5 Å². The monoisotopic (exact) mass is 324 g/mol. The average Bonchev–Trinajstić information content (AvgIpc) is 2.94. The van der Waals surface area contributed by atoms with Gasteiger partial charge in [0.2, 0.25) is 0 Å². The van der Waals surface area contributed by atoms with Crippen molar-refractivity contribution < 1.29 is 4.79 Å². The summed E-state index contributed by atoms with van der Waals surface area (Å²) in [5, 5.41) is 10.9. The van der Waals surface area contributed by atoms with E-state index in [9.17, 15) is 9.59 Å². The molecule has 6 nitrogen and oxygen atoms in total. The van der Waals surface area contributed by atoms with E-state index in [2.05, 4.69) is 15.7 Å². The van der Waals surface area contributed by atoms with Gasteiger partial charge in [-0.1, -0.05) is 18.2 Å². The topological polar surface area (TPSA) is 76.0 Å². The van der Waals surface area contributed by atoms with Crippen LogP contribution in [-0.2, 0) is 0 Å². The highest BCUT2D eigenvalue weighted by atomic mass is 16.2. The standard InChI is InChI=1S/C18H20N4O2/c23-17-9-8-16(21-22(17)15-4-2-1-3-5-15)18(24)20-14-10-12-6-7-13(11-14)19-12/h1-5,8-9,12-14,19H,6-7,10-11H2,(H,20,24). The molecule has 2 N–H and O–H groups in total. The van der Waals surface area contributed by atoms with Crippen molar-refractivity contribution in [2.24, 2.45) is 0 Å². The summed E-state index contributed by atoms with van der Waals surface area (Å²) in [6.45, 7) is 0. The van der Waals surface area contributed by atoms with E-state index < -0.39 is 0 Å². The molecule has 2 aromatic rings. The molecule has 3 heterocycles. The fourth-order valence-electron chi connectivity index (χ4n) is 3.72. The van der Waals surface area contributed by atoms with Crippen LogP contribution < -0.4 is 16.2 Å². The summed E-state index contributed by atoms with van der Waals surface area (Å²) in [5.74, 6) is -0.217. The molecular weight excluding hydrogens is 304 g/mol. The smallest absolute Gasteiger partial charge is 0.271 e. The number of para-hydroxylation sites is 1. The predicted molar refractivity (Wildman–Crippen MR) is 90.3 cm³/mol. The maximum atomic E-state index is 12.5. The van der Waals surface area contributed by atoms with Crippen LogP contribution in [0, 0.1) is 0 Å². The van der Waals surface area contributed by atoms with Gasteiger partial charge in [-0.15, -0.1) is 0 Å². The Bertz CT molecular complexity index is 790. The molecule has 0 aliphatic carbocycles. The van der Waals surface area contributed by atoms with Gasteiger partial charge in [-0.05, 0) is 43.9 Å². The van der Waals surface area contributed by atoms with Gasteiger partial charge < -0.3 is 10.6 Å². The van der Waals surface area contributed by atoms with Gasteiger partial charge in [0, 0.05) is 24.2 Å². The Morgan fingerprint density at radius 2 is 1.79 bits per heavy atom. The van der Waals surface area contributed by atoms with Crippen molar-refractivity contribution in [2.45, 2.75) is 43.8 Å². The highest BCUT2D eigenvalue weighted by molar-refractivity contribution is 5.92. The molecule has 2 aliphatic heterocycles. The summed E-state index contributed by atoms with van der Waals surface area (Å²) in [4.78, 5) is 24.6. The Morgan fingerprint density at radius 1 is 1.08 bits per heavy atom. The Morgan fingerprint density at radius 3 is 2.50 bits per heavy atom. The first-order valence-electron chi connectivity index (χ1n) is 8.42. The third-order valence-electron chi connectivity index (χ3n) is 4.84. The number of amides is 1. The van der Waals surface area contributed by atoms with E-state index in [1.807, 2.05) is 18.2 Å². The van der Waals surface area contributed by atoms with Crippen molar-refractivity contribution in [3.8, 4) is 5.69 Å². The van der Waals surface area contributed by atoms with Gasteiger partial charge in [0.15, 0.2) is 0 Å². The lowest BCUT2D eigenvalue weighted by molar-refractivity contribution is 0.0917. The molecule has 24 heavy (non-hydrogen) atoms. The van der Waals surface area contributed by atoms with Gasteiger partial charge in [-0.2, -0.15) is 9.78 Å². The third-order valence-corrected chi connectivity index (χ3v) is 4.84. The first-order valence-corrected chi connectivity index (χ1v) is 8.42. The van der Waals surface area contributed by atoms with Crippen molar-refractivity contribution in [1.82, 2.24) is 20.4 Å². The van der Waals surface area contributed by atoms with Gasteiger partial charge in [0.05, 0.1) is 5.69 Å². The SMILES string of the molecule is O=C(NC1CC2CCC(C1)N2)c1ccc(=O)n(-c2ccccc2)n1. The molecule has 1 aromatic carbocycles. The summed E-state index contributed by atoms with van der Waals surface area (Å²) in [6, 6.07) is 13.2. The van der Waals surface area contributed by atoms with Crippen LogP contribution in [0.15, 0.2) is 47.3 Å². The normalized spacial score (nSPS) is 25.4.